The average molecular weight is 337 g/mol. The molecule has 0 aliphatic carbocycles. The van der Waals surface area contributed by atoms with Crippen molar-refractivity contribution in [1.82, 2.24) is 24.9 Å². The lowest BCUT2D eigenvalue weighted by molar-refractivity contribution is 0.0930. The van der Waals surface area contributed by atoms with E-state index in [1.165, 1.54) is 5.69 Å². The standard InChI is InChI=1S/C19H23N5O/c1-2-23-16(8-11-21-23)14-20-17-10-13-25-19(17)18-9-12-22-24(18)15-6-4-3-5-7-15/h3-9,11-12,17,19-20H,2,10,13-14H2,1H3/t17-,19-/m0/s1. The van der Waals surface area contributed by atoms with E-state index in [2.05, 4.69) is 40.6 Å². The molecule has 0 radical (unpaired) electrons. The fourth-order valence-corrected chi connectivity index (χ4v) is 3.43. The zero-order valence-electron chi connectivity index (χ0n) is 14.4. The summed E-state index contributed by atoms with van der Waals surface area (Å²) < 4.78 is 10.0. The summed E-state index contributed by atoms with van der Waals surface area (Å²) in [5, 5.41) is 12.5. The molecule has 130 valence electrons. The van der Waals surface area contributed by atoms with Crippen LogP contribution in [0, 0.1) is 0 Å². The molecule has 0 unspecified atom stereocenters. The molecule has 4 rings (SSSR count). The molecular weight excluding hydrogens is 314 g/mol. The van der Waals surface area contributed by atoms with Crippen molar-refractivity contribution in [3.05, 3.63) is 66.2 Å². The number of hydrogen-bond donors (Lipinski definition) is 1. The van der Waals surface area contributed by atoms with Crippen molar-refractivity contribution in [3.8, 4) is 5.69 Å². The molecule has 1 fully saturated rings. The van der Waals surface area contributed by atoms with Crippen LogP contribution in [0.1, 0.15) is 30.8 Å². The summed E-state index contributed by atoms with van der Waals surface area (Å²) in [6.07, 6.45) is 4.69. The van der Waals surface area contributed by atoms with Gasteiger partial charge < -0.3 is 10.1 Å². The maximum absolute atomic E-state index is 6.05. The maximum atomic E-state index is 6.05. The van der Waals surface area contributed by atoms with E-state index in [0.717, 1.165) is 37.5 Å². The van der Waals surface area contributed by atoms with Gasteiger partial charge in [0.05, 0.1) is 17.1 Å². The predicted octanol–water partition coefficient (Wildman–Crippen LogP) is 2.71. The van der Waals surface area contributed by atoms with Gasteiger partial charge in [-0.05, 0) is 37.6 Å². The Labute approximate surface area is 147 Å². The molecule has 1 aromatic carbocycles. The highest BCUT2D eigenvalue weighted by molar-refractivity contribution is 5.33. The monoisotopic (exact) mass is 337 g/mol. The first-order valence-electron chi connectivity index (χ1n) is 8.82. The number of hydrogen-bond acceptors (Lipinski definition) is 4. The van der Waals surface area contributed by atoms with Crippen LogP contribution in [0.2, 0.25) is 0 Å². The maximum Gasteiger partial charge on any atom is 0.115 e. The van der Waals surface area contributed by atoms with Gasteiger partial charge in [-0.3, -0.25) is 4.68 Å². The molecule has 0 amide bonds. The first-order chi connectivity index (χ1) is 12.4. The molecular formula is C19H23N5O. The van der Waals surface area contributed by atoms with Gasteiger partial charge in [0.15, 0.2) is 0 Å². The van der Waals surface area contributed by atoms with Crippen molar-refractivity contribution in [2.45, 2.75) is 38.6 Å². The number of para-hydroxylation sites is 1. The molecule has 6 nitrogen and oxygen atoms in total. The lowest BCUT2D eigenvalue weighted by Crippen LogP contribution is -2.33. The minimum atomic E-state index is 0.000652. The summed E-state index contributed by atoms with van der Waals surface area (Å²) >= 11 is 0. The number of nitrogens with zero attached hydrogens (tertiary/aromatic N) is 4. The molecule has 3 heterocycles. The number of nitrogens with one attached hydrogen (secondary N) is 1. The van der Waals surface area contributed by atoms with Crippen LogP contribution in [0.3, 0.4) is 0 Å². The Balaban J connectivity index is 1.52. The predicted molar refractivity (Wildman–Crippen MR) is 95.4 cm³/mol. The molecule has 0 bridgehead atoms. The summed E-state index contributed by atoms with van der Waals surface area (Å²) in [4.78, 5) is 0. The highest BCUT2D eigenvalue weighted by Gasteiger charge is 2.32. The normalized spacial score (nSPS) is 20.2. The molecule has 1 saturated heterocycles. The quantitative estimate of drug-likeness (QED) is 0.751. The first-order valence-corrected chi connectivity index (χ1v) is 8.82. The molecule has 25 heavy (non-hydrogen) atoms. The third-order valence-electron chi connectivity index (χ3n) is 4.71. The molecule has 0 spiro atoms. The Morgan fingerprint density at radius 3 is 2.80 bits per heavy atom. The van der Waals surface area contributed by atoms with E-state index in [1.807, 2.05) is 46.0 Å². The van der Waals surface area contributed by atoms with Crippen LogP contribution < -0.4 is 5.32 Å². The van der Waals surface area contributed by atoms with E-state index in [4.69, 9.17) is 4.74 Å². The minimum absolute atomic E-state index is 0.000652. The van der Waals surface area contributed by atoms with Gasteiger partial charge in [0, 0.05) is 38.1 Å². The molecule has 1 aliphatic heterocycles. The van der Waals surface area contributed by atoms with Gasteiger partial charge in [-0.2, -0.15) is 10.2 Å². The van der Waals surface area contributed by atoms with Gasteiger partial charge in [0.25, 0.3) is 0 Å². The Kier molecular flexibility index (Phi) is 4.63. The largest absolute Gasteiger partial charge is 0.370 e. The minimum Gasteiger partial charge on any atom is -0.370 e. The van der Waals surface area contributed by atoms with Gasteiger partial charge in [0.2, 0.25) is 0 Å². The van der Waals surface area contributed by atoms with E-state index >= 15 is 0 Å². The van der Waals surface area contributed by atoms with Gasteiger partial charge in [0.1, 0.15) is 6.10 Å². The Morgan fingerprint density at radius 2 is 1.96 bits per heavy atom. The number of rotatable bonds is 6. The van der Waals surface area contributed by atoms with Crippen LogP contribution >= 0.6 is 0 Å². The third-order valence-corrected chi connectivity index (χ3v) is 4.71. The summed E-state index contributed by atoms with van der Waals surface area (Å²) in [5.41, 5.74) is 3.34. The molecule has 6 heteroatoms. The molecule has 1 N–H and O–H groups in total. The fourth-order valence-electron chi connectivity index (χ4n) is 3.43. The smallest absolute Gasteiger partial charge is 0.115 e. The van der Waals surface area contributed by atoms with Crippen molar-refractivity contribution in [2.24, 2.45) is 0 Å². The van der Waals surface area contributed by atoms with Crippen LogP contribution in [0.5, 0.6) is 0 Å². The van der Waals surface area contributed by atoms with Crippen molar-refractivity contribution in [1.29, 1.82) is 0 Å². The fraction of sp³-hybridized carbons (Fsp3) is 0.368. The molecule has 2 atom stereocenters. The topological polar surface area (TPSA) is 56.9 Å². The van der Waals surface area contributed by atoms with Gasteiger partial charge in [-0.1, -0.05) is 18.2 Å². The van der Waals surface area contributed by atoms with Crippen LogP contribution in [-0.2, 0) is 17.8 Å². The lowest BCUT2D eigenvalue weighted by Gasteiger charge is -2.21. The summed E-state index contributed by atoms with van der Waals surface area (Å²) in [6, 6.07) is 14.6. The van der Waals surface area contributed by atoms with Crippen LogP contribution in [-0.4, -0.2) is 32.2 Å². The summed E-state index contributed by atoms with van der Waals surface area (Å²) in [7, 11) is 0. The second-order valence-corrected chi connectivity index (χ2v) is 6.21. The molecule has 2 aromatic heterocycles. The Morgan fingerprint density at radius 1 is 1.12 bits per heavy atom. The second-order valence-electron chi connectivity index (χ2n) is 6.21. The van der Waals surface area contributed by atoms with Gasteiger partial charge in [-0.15, -0.1) is 0 Å². The number of benzene rings is 1. The van der Waals surface area contributed by atoms with Crippen molar-refractivity contribution in [2.75, 3.05) is 6.61 Å². The Hall–Kier alpha value is -2.44. The van der Waals surface area contributed by atoms with E-state index in [-0.39, 0.29) is 12.1 Å². The highest BCUT2D eigenvalue weighted by atomic mass is 16.5. The van der Waals surface area contributed by atoms with E-state index in [9.17, 15) is 0 Å². The van der Waals surface area contributed by atoms with E-state index in [0.29, 0.717) is 0 Å². The highest BCUT2D eigenvalue weighted by Crippen LogP contribution is 2.30. The molecule has 1 aliphatic rings. The van der Waals surface area contributed by atoms with Crippen molar-refractivity contribution in [3.63, 3.8) is 0 Å². The second kappa shape index (κ2) is 7.21. The third kappa shape index (κ3) is 3.23. The van der Waals surface area contributed by atoms with Crippen molar-refractivity contribution >= 4 is 0 Å². The van der Waals surface area contributed by atoms with Gasteiger partial charge in [-0.25, -0.2) is 4.68 Å². The van der Waals surface area contributed by atoms with E-state index < -0.39 is 0 Å². The van der Waals surface area contributed by atoms with Crippen molar-refractivity contribution < 1.29 is 4.74 Å². The van der Waals surface area contributed by atoms with Gasteiger partial charge >= 0.3 is 0 Å². The number of aromatic nitrogens is 4. The first kappa shape index (κ1) is 16.1. The Bertz CT molecular complexity index is 810. The zero-order valence-corrected chi connectivity index (χ0v) is 14.4. The lowest BCUT2D eigenvalue weighted by atomic mass is 10.1. The summed E-state index contributed by atoms with van der Waals surface area (Å²) in [5.74, 6) is 0. The number of aryl methyl sites for hydroxylation is 1. The van der Waals surface area contributed by atoms with E-state index in [1.54, 1.807) is 0 Å². The molecule has 0 saturated carbocycles. The number of ether oxygens (including phenoxy) is 1. The average Bonchev–Trinajstić information content (AvgIpc) is 3.39. The van der Waals surface area contributed by atoms with Crippen LogP contribution in [0.25, 0.3) is 5.69 Å². The van der Waals surface area contributed by atoms with Crippen LogP contribution in [0.15, 0.2) is 54.9 Å². The van der Waals surface area contributed by atoms with Crippen LogP contribution in [0.4, 0.5) is 0 Å². The molecule has 3 aromatic rings. The SMILES string of the molecule is CCn1nccc1CN[C@H]1CCO[C@@H]1c1ccnn1-c1ccccc1. The zero-order chi connectivity index (χ0) is 17.1. The summed E-state index contributed by atoms with van der Waals surface area (Å²) in [6.45, 7) is 4.54.